The van der Waals surface area contributed by atoms with Crippen LogP contribution in [0.25, 0.3) is 0 Å². The van der Waals surface area contributed by atoms with E-state index in [1.807, 2.05) is 13.8 Å². The van der Waals surface area contributed by atoms with Gasteiger partial charge in [0.2, 0.25) is 0 Å². The molecule has 5 heteroatoms. The van der Waals surface area contributed by atoms with Crippen molar-refractivity contribution in [1.82, 2.24) is 0 Å². The maximum atomic E-state index is 5.53. The summed E-state index contributed by atoms with van der Waals surface area (Å²) in [5.74, 6) is 4.97. The Bertz CT molecular complexity index is 134. The highest BCUT2D eigenvalue weighted by Crippen LogP contribution is 1.94. The van der Waals surface area contributed by atoms with E-state index in [4.69, 9.17) is 21.1 Å². The molecular weight excluding hydrogens is 196 g/mol. The Hall–Kier alpha value is -0.200. The number of nitrogens with two attached hydrogens (primary N) is 2. The van der Waals surface area contributed by atoms with Crippen LogP contribution in [0.4, 0.5) is 0 Å². The Morgan fingerprint density at radius 2 is 1.53 bits per heavy atom. The standard InChI is InChI=1S/C10H24N2O3/c1-9(11)7-13-5-3-4-6-14-8-10(2)15-12/h9-10H,3-8,11-12H2,1-2H3. The molecule has 0 saturated heterocycles. The molecule has 0 aromatic rings. The Morgan fingerprint density at radius 1 is 1.00 bits per heavy atom. The molecule has 15 heavy (non-hydrogen) atoms. The fraction of sp³-hybridized carbons (Fsp3) is 1.00. The lowest BCUT2D eigenvalue weighted by molar-refractivity contribution is -0.00956. The third-order valence-corrected chi connectivity index (χ3v) is 1.79. The van der Waals surface area contributed by atoms with Crippen molar-refractivity contribution in [3.63, 3.8) is 0 Å². The van der Waals surface area contributed by atoms with Gasteiger partial charge in [0.25, 0.3) is 0 Å². The lowest BCUT2D eigenvalue weighted by Crippen LogP contribution is -2.22. The summed E-state index contributed by atoms with van der Waals surface area (Å²) in [4.78, 5) is 4.56. The summed E-state index contributed by atoms with van der Waals surface area (Å²) in [6, 6.07) is 0.115. The molecule has 2 unspecified atom stereocenters. The van der Waals surface area contributed by atoms with Gasteiger partial charge in [-0.15, -0.1) is 0 Å². The van der Waals surface area contributed by atoms with Crippen LogP contribution < -0.4 is 11.6 Å². The Kier molecular flexibility index (Phi) is 10.2. The highest BCUT2D eigenvalue weighted by atomic mass is 16.6. The molecule has 0 aromatic carbocycles. The van der Waals surface area contributed by atoms with Crippen LogP contribution in [0.3, 0.4) is 0 Å². The van der Waals surface area contributed by atoms with Gasteiger partial charge in [-0.1, -0.05) is 0 Å². The van der Waals surface area contributed by atoms with Crippen LogP contribution >= 0.6 is 0 Å². The van der Waals surface area contributed by atoms with Crippen molar-refractivity contribution in [3.8, 4) is 0 Å². The molecule has 0 aliphatic carbocycles. The van der Waals surface area contributed by atoms with E-state index in [1.165, 1.54) is 0 Å². The van der Waals surface area contributed by atoms with E-state index in [0.29, 0.717) is 13.2 Å². The van der Waals surface area contributed by atoms with E-state index >= 15 is 0 Å². The molecule has 5 nitrogen and oxygen atoms in total. The van der Waals surface area contributed by atoms with E-state index < -0.39 is 0 Å². The van der Waals surface area contributed by atoms with Crippen LogP contribution in [0.2, 0.25) is 0 Å². The second-order valence-corrected chi connectivity index (χ2v) is 3.78. The molecule has 0 amide bonds. The van der Waals surface area contributed by atoms with Crippen LogP contribution in [-0.2, 0) is 14.3 Å². The molecular formula is C10H24N2O3. The molecule has 0 heterocycles. The smallest absolute Gasteiger partial charge is 0.0992 e. The number of hydrogen-bond donors (Lipinski definition) is 2. The average molecular weight is 220 g/mol. The topological polar surface area (TPSA) is 79.7 Å². The van der Waals surface area contributed by atoms with Crippen molar-refractivity contribution in [2.75, 3.05) is 26.4 Å². The minimum absolute atomic E-state index is 0.0423. The summed E-state index contributed by atoms with van der Waals surface area (Å²) in [6.07, 6.45) is 1.93. The first-order valence-electron chi connectivity index (χ1n) is 5.43. The van der Waals surface area contributed by atoms with Crippen molar-refractivity contribution in [2.24, 2.45) is 11.6 Å². The predicted molar refractivity (Wildman–Crippen MR) is 59.3 cm³/mol. The van der Waals surface area contributed by atoms with Gasteiger partial charge >= 0.3 is 0 Å². The number of unbranched alkanes of at least 4 members (excludes halogenated alkanes) is 1. The van der Waals surface area contributed by atoms with Gasteiger partial charge in [-0.2, -0.15) is 0 Å². The molecule has 2 atom stereocenters. The zero-order valence-electron chi connectivity index (χ0n) is 9.78. The summed E-state index contributed by atoms with van der Waals surface area (Å²) in [7, 11) is 0. The maximum absolute atomic E-state index is 5.53. The summed E-state index contributed by atoms with van der Waals surface area (Å²) in [6.45, 7) is 6.42. The minimum atomic E-state index is -0.0423. The monoisotopic (exact) mass is 220 g/mol. The van der Waals surface area contributed by atoms with E-state index in [9.17, 15) is 0 Å². The zero-order valence-corrected chi connectivity index (χ0v) is 9.78. The number of ether oxygens (including phenoxy) is 2. The average Bonchev–Trinajstić information content (AvgIpc) is 2.21. The van der Waals surface area contributed by atoms with Crippen LogP contribution in [0.5, 0.6) is 0 Å². The van der Waals surface area contributed by atoms with Crippen LogP contribution in [0.15, 0.2) is 0 Å². The van der Waals surface area contributed by atoms with Gasteiger partial charge in [-0.05, 0) is 26.7 Å². The Labute approximate surface area is 92.0 Å². The quantitative estimate of drug-likeness (QED) is 0.412. The number of rotatable bonds is 10. The zero-order chi connectivity index (χ0) is 11.5. The fourth-order valence-corrected chi connectivity index (χ4v) is 0.966. The van der Waals surface area contributed by atoms with Crippen LogP contribution in [-0.4, -0.2) is 38.6 Å². The Balaban J connectivity index is 2.99. The van der Waals surface area contributed by atoms with Gasteiger partial charge in [0, 0.05) is 19.3 Å². The lowest BCUT2D eigenvalue weighted by Gasteiger charge is -2.09. The van der Waals surface area contributed by atoms with Crippen LogP contribution in [0, 0.1) is 0 Å². The molecule has 0 fully saturated rings. The van der Waals surface area contributed by atoms with E-state index in [2.05, 4.69) is 4.84 Å². The molecule has 0 aliphatic heterocycles. The minimum Gasteiger partial charge on any atom is -0.380 e. The van der Waals surface area contributed by atoms with Gasteiger partial charge in [-0.25, -0.2) is 5.90 Å². The largest absolute Gasteiger partial charge is 0.380 e. The van der Waals surface area contributed by atoms with Crippen molar-refractivity contribution in [2.45, 2.75) is 38.8 Å². The van der Waals surface area contributed by atoms with Crippen molar-refractivity contribution in [3.05, 3.63) is 0 Å². The third-order valence-electron chi connectivity index (χ3n) is 1.79. The third kappa shape index (κ3) is 11.7. The molecule has 0 bridgehead atoms. The first-order chi connectivity index (χ1) is 7.16. The van der Waals surface area contributed by atoms with Crippen LogP contribution in [0.1, 0.15) is 26.7 Å². The lowest BCUT2D eigenvalue weighted by atomic mass is 10.3. The molecule has 4 N–H and O–H groups in total. The van der Waals surface area contributed by atoms with Crippen molar-refractivity contribution >= 4 is 0 Å². The second-order valence-electron chi connectivity index (χ2n) is 3.78. The van der Waals surface area contributed by atoms with Crippen molar-refractivity contribution in [1.29, 1.82) is 0 Å². The predicted octanol–water partition coefficient (Wildman–Crippen LogP) is 0.426. The summed E-state index contributed by atoms with van der Waals surface area (Å²) in [5, 5.41) is 0. The normalized spacial score (nSPS) is 15.2. The number of hydrogen-bond acceptors (Lipinski definition) is 5. The van der Waals surface area contributed by atoms with Gasteiger partial charge < -0.3 is 15.2 Å². The van der Waals surface area contributed by atoms with Gasteiger partial charge in [0.15, 0.2) is 0 Å². The highest BCUT2D eigenvalue weighted by Gasteiger charge is 1.99. The molecule has 92 valence electrons. The van der Waals surface area contributed by atoms with Gasteiger partial charge in [0.1, 0.15) is 0 Å². The van der Waals surface area contributed by atoms with Gasteiger partial charge in [-0.3, -0.25) is 4.84 Å². The molecule has 0 aromatic heterocycles. The second kappa shape index (κ2) is 10.3. The van der Waals surface area contributed by atoms with E-state index in [1.54, 1.807) is 0 Å². The molecule has 0 rings (SSSR count). The van der Waals surface area contributed by atoms with E-state index in [0.717, 1.165) is 26.1 Å². The Morgan fingerprint density at radius 3 is 2.00 bits per heavy atom. The summed E-state index contributed by atoms with van der Waals surface area (Å²) >= 11 is 0. The van der Waals surface area contributed by atoms with Crippen molar-refractivity contribution < 1.29 is 14.3 Å². The molecule has 0 spiro atoms. The summed E-state index contributed by atoms with van der Waals surface area (Å²) in [5.41, 5.74) is 5.53. The first-order valence-corrected chi connectivity index (χ1v) is 5.43. The summed E-state index contributed by atoms with van der Waals surface area (Å²) < 4.78 is 10.6. The van der Waals surface area contributed by atoms with E-state index in [-0.39, 0.29) is 12.1 Å². The molecule has 0 radical (unpaired) electrons. The molecule has 0 saturated carbocycles. The maximum Gasteiger partial charge on any atom is 0.0992 e. The first kappa shape index (κ1) is 14.8. The highest BCUT2D eigenvalue weighted by molar-refractivity contribution is 4.49. The molecule has 0 aliphatic rings. The fourth-order valence-electron chi connectivity index (χ4n) is 0.966. The SMILES string of the molecule is CC(N)COCCCCOCC(C)ON. The van der Waals surface area contributed by atoms with Gasteiger partial charge in [0.05, 0.1) is 19.3 Å².